The summed E-state index contributed by atoms with van der Waals surface area (Å²) in [6.45, 7) is 5.12. The third-order valence-corrected chi connectivity index (χ3v) is 7.80. The summed E-state index contributed by atoms with van der Waals surface area (Å²) in [7, 11) is 0. The van der Waals surface area contributed by atoms with E-state index in [0.717, 1.165) is 23.6 Å². The Hall–Kier alpha value is -2.16. The van der Waals surface area contributed by atoms with E-state index in [4.69, 9.17) is 4.74 Å². The number of benzene rings is 1. The van der Waals surface area contributed by atoms with Crippen molar-refractivity contribution in [3.05, 3.63) is 54.4 Å². The summed E-state index contributed by atoms with van der Waals surface area (Å²) in [6.07, 6.45) is 22.5. The number of nitrogens with zero attached hydrogens (tertiary/aromatic N) is 2. The Balaban J connectivity index is 1.35. The van der Waals surface area contributed by atoms with E-state index >= 15 is 0 Å². The first kappa shape index (κ1) is 22.0. The van der Waals surface area contributed by atoms with Crippen molar-refractivity contribution in [2.45, 2.75) is 89.9 Å². The van der Waals surface area contributed by atoms with Crippen LogP contribution >= 0.6 is 0 Å². The Morgan fingerprint density at radius 3 is 2.16 bits per heavy atom. The molecule has 0 atom stereocenters. The molecule has 3 heteroatoms. The minimum atomic E-state index is 0.414. The molecular formula is C28H38N2O. The van der Waals surface area contributed by atoms with Crippen LogP contribution in [0.5, 0.6) is 5.75 Å². The van der Waals surface area contributed by atoms with Gasteiger partial charge in [0.25, 0.3) is 0 Å². The van der Waals surface area contributed by atoms with E-state index in [-0.39, 0.29) is 0 Å². The van der Waals surface area contributed by atoms with Gasteiger partial charge in [-0.2, -0.15) is 0 Å². The molecule has 3 saturated carbocycles. The van der Waals surface area contributed by atoms with Gasteiger partial charge in [0, 0.05) is 5.56 Å². The topological polar surface area (TPSA) is 35.0 Å². The zero-order valence-electron chi connectivity index (χ0n) is 19.4. The molecular weight excluding hydrogens is 380 g/mol. The predicted molar refractivity (Wildman–Crippen MR) is 128 cm³/mol. The van der Waals surface area contributed by atoms with Crippen LogP contribution in [-0.2, 0) is 5.41 Å². The highest BCUT2D eigenvalue weighted by molar-refractivity contribution is 5.56. The Labute approximate surface area is 188 Å². The summed E-state index contributed by atoms with van der Waals surface area (Å²) in [6, 6.07) is 9.09. The van der Waals surface area contributed by atoms with Gasteiger partial charge in [-0.25, -0.2) is 9.97 Å². The summed E-state index contributed by atoms with van der Waals surface area (Å²) >= 11 is 0. The van der Waals surface area contributed by atoms with Gasteiger partial charge >= 0.3 is 0 Å². The Morgan fingerprint density at radius 2 is 1.55 bits per heavy atom. The number of unbranched alkanes of at least 4 members (excludes halogenated alkanes) is 2. The van der Waals surface area contributed by atoms with Crippen LogP contribution in [-0.4, -0.2) is 16.6 Å². The van der Waals surface area contributed by atoms with Crippen molar-refractivity contribution in [2.75, 3.05) is 6.61 Å². The number of fused-ring (bicyclic) bond motifs is 3. The van der Waals surface area contributed by atoms with Crippen LogP contribution in [0, 0.1) is 5.41 Å². The molecule has 0 N–H and O–H groups in total. The maximum absolute atomic E-state index is 5.72. The Morgan fingerprint density at radius 1 is 0.871 bits per heavy atom. The van der Waals surface area contributed by atoms with Gasteiger partial charge in [0.05, 0.1) is 12.4 Å². The first-order valence-corrected chi connectivity index (χ1v) is 12.4. The molecule has 2 aromatic rings. The van der Waals surface area contributed by atoms with Gasteiger partial charge < -0.3 is 4.74 Å². The minimum absolute atomic E-state index is 0.414. The number of ether oxygens (including phenoxy) is 1. The van der Waals surface area contributed by atoms with Crippen LogP contribution in [0.25, 0.3) is 11.4 Å². The van der Waals surface area contributed by atoms with Crippen molar-refractivity contribution >= 4 is 0 Å². The third-order valence-electron chi connectivity index (χ3n) is 7.80. The van der Waals surface area contributed by atoms with Crippen LogP contribution < -0.4 is 4.74 Å². The van der Waals surface area contributed by atoms with Crippen LogP contribution in [0.1, 0.15) is 90.0 Å². The van der Waals surface area contributed by atoms with Gasteiger partial charge in [-0.05, 0) is 67.8 Å². The largest absolute Gasteiger partial charge is 0.486 e. The number of aromatic nitrogens is 2. The number of hydrogen-bond acceptors (Lipinski definition) is 3. The van der Waals surface area contributed by atoms with Gasteiger partial charge in [0.15, 0.2) is 11.6 Å². The maximum atomic E-state index is 5.72. The first-order chi connectivity index (χ1) is 15.2. The summed E-state index contributed by atoms with van der Waals surface area (Å²) in [5.74, 6) is 1.49. The molecule has 0 amide bonds. The smallest absolute Gasteiger partial charge is 0.159 e. The second kappa shape index (κ2) is 9.97. The molecule has 3 nitrogen and oxygen atoms in total. The second-order valence-corrected chi connectivity index (χ2v) is 9.77. The zero-order valence-corrected chi connectivity index (χ0v) is 19.4. The fraction of sp³-hybridized carbons (Fsp3) is 0.571. The molecule has 0 saturated heterocycles. The van der Waals surface area contributed by atoms with E-state index < -0.39 is 0 Å². The summed E-state index contributed by atoms with van der Waals surface area (Å²) in [5, 5.41) is 0. The molecule has 3 fully saturated rings. The van der Waals surface area contributed by atoms with E-state index in [1.54, 1.807) is 12.4 Å². The number of rotatable bonds is 10. The van der Waals surface area contributed by atoms with E-state index in [2.05, 4.69) is 60.2 Å². The van der Waals surface area contributed by atoms with Crippen LogP contribution in [0.15, 0.2) is 48.8 Å². The molecule has 5 rings (SSSR count). The fourth-order valence-corrected chi connectivity index (χ4v) is 5.77. The molecule has 0 unspecified atom stereocenters. The molecule has 1 aromatic heterocycles. The van der Waals surface area contributed by atoms with E-state index in [9.17, 15) is 0 Å². The van der Waals surface area contributed by atoms with E-state index in [0.29, 0.717) is 17.4 Å². The van der Waals surface area contributed by atoms with Crippen LogP contribution in [0.2, 0.25) is 0 Å². The van der Waals surface area contributed by atoms with Gasteiger partial charge in [0.2, 0.25) is 0 Å². The van der Waals surface area contributed by atoms with Crippen molar-refractivity contribution in [1.82, 2.24) is 9.97 Å². The minimum Gasteiger partial charge on any atom is -0.486 e. The molecule has 31 heavy (non-hydrogen) atoms. The predicted octanol–water partition coefficient (Wildman–Crippen LogP) is 7.66. The van der Waals surface area contributed by atoms with Gasteiger partial charge in [-0.15, -0.1) is 0 Å². The lowest BCUT2D eigenvalue weighted by Crippen LogP contribution is -2.44. The maximum Gasteiger partial charge on any atom is 0.159 e. The second-order valence-electron chi connectivity index (χ2n) is 9.77. The van der Waals surface area contributed by atoms with E-state index in [1.165, 1.54) is 69.8 Å². The molecule has 2 bridgehead atoms. The lowest BCUT2D eigenvalue weighted by Gasteiger charge is -2.54. The van der Waals surface area contributed by atoms with Crippen LogP contribution in [0.3, 0.4) is 0 Å². The average Bonchev–Trinajstić information content (AvgIpc) is 2.83. The molecule has 0 spiro atoms. The van der Waals surface area contributed by atoms with Gasteiger partial charge in [0.1, 0.15) is 6.61 Å². The van der Waals surface area contributed by atoms with Crippen molar-refractivity contribution in [3.63, 3.8) is 0 Å². The standard InChI is InChI=1S/C28H38N2O/c1-3-5-6-7-8-20-31-25-21-29-26(30-22-25)23-9-11-24(12-10-23)28-17-14-27(13-4-2,15-18-28)16-19-28/h7-12,21-22H,3-6,13-20H2,1-2H3. The summed E-state index contributed by atoms with van der Waals surface area (Å²) < 4.78 is 5.72. The number of hydrogen-bond donors (Lipinski definition) is 0. The average molecular weight is 419 g/mol. The van der Waals surface area contributed by atoms with E-state index in [1.807, 2.05) is 0 Å². The quantitative estimate of drug-likeness (QED) is 0.293. The lowest BCUT2D eigenvalue weighted by atomic mass is 9.51. The highest BCUT2D eigenvalue weighted by atomic mass is 16.5. The first-order valence-electron chi connectivity index (χ1n) is 12.4. The summed E-state index contributed by atoms with van der Waals surface area (Å²) in [4.78, 5) is 9.07. The molecule has 1 heterocycles. The van der Waals surface area contributed by atoms with Crippen LogP contribution in [0.4, 0.5) is 0 Å². The highest BCUT2D eigenvalue weighted by Crippen LogP contribution is 2.59. The monoisotopic (exact) mass is 418 g/mol. The van der Waals surface area contributed by atoms with Crippen molar-refractivity contribution in [1.29, 1.82) is 0 Å². The van der Waals surface area contributed by atoms with Crippen molar-refractivity contribution in [3.8, 4) is 17.1 Å². The molecule has 166 valence electrons. The third kappa shape index (κ3) is 5.02. The molecule has 3 aliphatic carbocycles. The number of allylic oxidation sites excluding steroid dienone is 1. The Kier molecular flexibility index (Phi) is 7.09. The van der Waals surface area contributed by atoms with Gasteiger partial charge in [-0.3, -0.25) is 0 Å². The van der Waals surface area contributed by atoms with Gasteiger partial charge in [-0.1, -0.05) is 69.5 Å². The highest BCUT2D eigenvalue weighted by Gasteiger charge is 2.48. The molecule has 0 aliphatic heterocycles. The Bertz CT molecular complexity index is 829. The molecule has 0 radical (unpaired) electrons. The normalized spacial score (nSPS) is 25.2. The van der Waals surface area contributed by atoms with Crippen molar-refractivity contribution in [2.24, 2.45) is 5.41 Å². The lowest BCUT2D eigenvalue weighted by molar-refractivity contribution is 0.0320. The molecule has 1 aromatic carbocycles. The fourth-order valence-electron chi connectivity index (χ4n) is 5.77. The summed E-state index contributed by atoms with van der Waals surface area (Å²) in [5.41, 5.74) is 3.69. The van der Waals surface area contributed by atoms with Crippen molar-refractivity contribution < 1.29 is 4.74 Å². The molecule has 3 aliphatic rings. The zero-order chi connectivity index (χ0) is 21.6. The SMILES string of the molecule is CCCCC=CCOc1cnc(-c2ccc(C34CCC(CCC)(CC3)CC4)cc2)nc1.